The van der Waals surface area contributed by atoms with E-state index in [-0.39, 0.29) is 0 Å². The maximum atomic E-state index is 4.34. The molecule has 4 aromatic rings. The molecule has 8 nitrogen and oxygen atoms in total. The van der Waals surface area contributed by atoms with Gasteiger partial charge in [-0.3, -0.25) is 0 Å². The van der Waals surface area contributed by atoms with Gasteiger partial charge in [0.15, 0.2) is 0 Å². The topological polar surface area (TPSA) is 81.7 Å². The van der Waals surface area contributed by atoms with Gasteiger partial charge in [-0.2, -0.15) is 0 Å². The highest BCUT2D eigenvalue weighted by molar-refractivity contribution is 7.13. The molecule has 10 heteroatoms. The monoisotopic (exact) mass is 504 g/mol. The number of aromatic nitrogens is 2. The van der Waals surface area contributed by atoms with E-state index in [2.05, 4.69) is 92.4 Å². The van der Waals surface area contributed by atoms with E-state index in [0.717, 1.165) is 42.0 Å². The van der Waals surface area contributed by atoms with Crippen molar-refractivity contribution < 1.29 is 0 Å². The van der Waals surface area contributed by atoms with Gasteiger partial charge >= 0.3 is 0 Å². The van der Waals surface area contributed by atoms with Gasteiger partial charge in [-0.1, -0.05) is 0 Å². The molecule has 0 saturated carbocycles. The summed E-state index contributed by atoms with van der Waals surface area (Å²) in [5, 5.41) is 22.2. The first-order valence-corrected chi connectivity index (χ1v) is 13.0. The number of hydrogen-bond donors (Lipinski definition) is 0. The Morgan fingerprint density at radius 2 is 1.14 bits per heavy atom. The number of azo groups is 2. The lowest BCUT2D eigenvalue weighted by Crippen LogP contribution is -2.25. The summed E-state index contributed by atoms with van der Waals surface area (Å²) in [7, 11) is 4.25. The second-order valence-electron chi connectivity index (χ2n) is 8.17. The van der Waals surface area contributed by atoms with Gasteiger partial charge in [-0.05, 0) is 67.8 Å². The van der Waals surface area contributed by atoms with E-state index < -0.39 is 0 Å². The van der Waals surface area contributed by atoms with Gasteiger partial charge < -0.3 is 9.80 Å². The molecule has 0 aliphatic heterocycles. The van der Waals surface area contributed by atoms with Crippen molar-refractivity contribution in [1.29, 1.82) is 0 Å². The summed E-state index contributed by atoms with van der Waals surface area (Å²) in [6, 6.07) is 12.5. The Balaban J connectivity index is 1.29. The third-order valence-corrected chi connectivity index (χ3v) is 6.87. The predicted molar refractivity (Wildman–Crippen MR) is 146 cm³/mol. The predicted octanol–water partition coefficient (Wildman–Crippen LogP) is 8.01. The quantitative estimate of drug-likeness (QED) is 0.205. The molecule has 0 amide bonds. The Kier molecular flexibility index (Phi) is 8.27. The molecule has 0 bridgehead atoms. The molecule has 0 saturated heterocycles. The number of rotatable bonds is 10. The molecule has 0 unspecified atom stereocenters. The highest BCUT2D eigenvalue weighted by Crippen LogP contribution is 2.28. The Bertz CT molecular complexity index is 1180. The molecule has 4 rings (SSSR count). The molecule has 180 valence electrons. The van der Waals surface area contributed by atoms with Crippen LogP contribution in [0.4, 0.5) is 33.0 Å². The van der Waals surface area contributed by atoms with E-state index in [9.17, 15) is 0 Å². The fourth-order valence-corrected chi connectivity index (χ4v) is 4.41. The third-order valence-electron chi connectivity index (χ3n) is 5.55. The maximum absolute atomic E-state index is 4.34. The first kappa shape index (κ1) is 24.6. The van der Waals surface area contributed by atoms with Crippen LogP contribution in [0.15, 0.2) is 80.0 Å². The Labute approximate surface area is 213 Å². The van der Waals surface area contributed by atoms with E-state index in [1.165, 1.54) is 34.0 Å². The van der Waals surface area contributed by atoms with Crippen molar-refractivity contribution in [1.82, 2.24) is 9.97 Å². The lowest BCUT2D eigenvalue weighted by molar-refractivity contribution is 0.762. The number of nitrogens with zero attached hydrogens (tertiary/aromatic N) is 8. The lowest BCUT2D eigenvalue weighted by atomic mass is 10.1. The standard InChI is InChI=1S/C25H28N8S2/c1-18-16-20(6-8-22(18)28-30-24-26-10-14-34-24)32(3)12-5-13-33(4)21-7-9-23(19(2)17-21)29-31-25-27-11-15-35-25/h6-11,14-17H,5,12-13H2,1-4H3. The highest BCUT2D eigenvalue weighted by atomic mass is 32.1. The maximum Gasteiger partial charge on any atom is 0.229 e. The van der Waals surface area contributed by atoms with Gasteiger partial charge in [0.2, 0.25) is 10.3 Å². The van der Waals surface area contributed by atoms with Crippen LogP contribution in [0.1, 0.15) is 17.5 Å². The van der Waals surface area contributed by atoms with Gasteiger partial charge in [-0.15, -0.1) is 43.1 Å². The molecular weight excluding hydrogens is 476 g/mol. The number of thiazole rings is 2. The summed E-state index contributed by atoms with van der Waals surface area (Å²) in [6.07, 6.45) is 4.49. The van der Waals surface area contributed by atoms with Crippen molar-refractivity contribution in [2.24, 2.45) is 20.5 Å². The van der Waals surface area contributed by atoms with Crippen LogP contribution in [0, 0.1) is 13.8 Å². The Hall–Kier alpha value is -3.50. The van der Waals surface area contributed by atoms with Crippen molar-refractivity contribution >= 4 is 55.7 Å². The summed E-state index contributed by atoms with van der Waals surface area (Å²) in [6.45, 7) is 6.01. The van der Waals surface area contributed by atoms with E-state index >= 15 is 0 Å². The van der Waals surface area contributed by atoms with Crippen molar-refractivity contribution in [3.63, 3.8) is 0 Å². The number of anilines is 2. The molecule has 0 radical (unpaired) electrons. The van der Waals surface area contributed by atoms with Crippen LogP contribution in [0.5, 0.6) is 0 Å². The summed E-state index contributed by atoms with van der Waals surface area (Å²) in [4.78, 5) is 12.8. The van der Waals surface area contributed by atoms with E-state index in [0.29, 0.717) is 10.3 Å². The molecule has 0 atom stereocenters. The number of hydrogen-bond acceptors (Lipinski definition) is 10. The molecule has 0 N–H and O–H groups in total. The van der Waals surface area contributed by atoms with Gasteiger partial charge in [0.05, 0.1) is 11.4 Å². The summed E-state index contributed by atoms with van der Waals surface area (Å²) >= 11 is 2.95. The van der Waals surface area contributed by atoms with Gasteiger partial charge in [0, 0.05) is 61.7 Å². The van der Waals surface area contributed by atoms with Crippen LogP contribution in [0.2, 0.25) is 0 Å². The number of benzene rings is 2. The zero-order valence-electron chi connectivity index (χ0n) is 20.3. The lowest BCUT2D eigenvalue weighted by Gasteiger charge is -2.24. The first-order valence-electron chi connectivity index (χ1n) is 11.3. The minimum atomic E-state index is 0.666. The SMILES string of the molecule is Cc1cc(N(C)CCCN(C)c2ccc(N=Nc3nccs3)c(C)c2)ccc1N=Nc1nccs1. The molecule has 0 aliphatic rings. The molecule has 2 aromatic carbocycles. The van der Waals surface area contributed by atoms with Crippen molar-refractivity contribution in [3.8, 4) is 0 Å². The summed E-state index contributed by atoms with van der Waals surface area (Å²) in [5.41, 5.74) is 6.25. The Morgan fingerprint density at radius 3 is 1.51 bits per heavy atom. The van der Waals surface area contributed by atoms with Crippen molar-refractivity contribution in [3.05, 3.63) is 70.7 Å². The van der Waals surface area contributed by atoms with Crippen LogP contribution < -0.4 is 9.80 Å². The van der Waals surface area contributed by atoms with Crippen molar-refractivity contribution in [2.45, 2.75) is 20.3 Å². The van der Waals surface area contributed by atoms with E-state index in [4.69, 9.17) is 0 Å². The average molecular weight is 505 g/mol. The fourth-order valence-electron chi connectivity index (χ4n) is 3.51. The minimum absolute atomic E-state index is 0.666. The molecule has 0 spiro atoms. The van der Waals surface area contributed by atoms with Crippen LogP contribution in [-0.2, 0) is 0 Å². The zero-order chi connectivity index (χ0) is 24.6. The Morgan fingerprint density at radius 1 is 0.686 bits per heavy atom. The largest absolute Gasteiger partial charge is 0.375 e. The average Bonchev–Trinajstić information content (AvgIpc) is 3.57. The normalized spacial score (nSPS) is 11.5. The van der Waals surface area contributed by atoms with Crippen LogP contribution >= 0.6 is 22.7 Å². The first-order chi connectivity index (χ1) is 17.0. The van der Waals surface area contributed by atoms with Gasteiger partial charge in [-0.25, -0.2) is 9.97 Å². The fraction of sp³-hybridized carbons (Fsp3) is 0.280. The van der Waals surface area contributed by atoms with Crippen LogP contribution in [-0.4, -0.2) is 37.2 Å². The second kappa shape index (κ2) is 11.8. The van der Waals surface area contributed by atoms with Crippen LogP contribution in [0.3, 0.4) is 0 Å². The zero-order valence-corrected chi connectivity index (χ0v) is 21.9. The van der Waals surface area contributed by atoms with E-state index in [1.807, 2.05) is 22.9 Å². The highest BCUT2D eigenvalue weighted by Gasteiger charge is 2.08. The minimum Gasteiger partial charge on any atom is -0.375 e. The van der Waals surface area contributed by atoms with Crippen molar-refractivity contribution in [2.75, 3.05) is 37.0 Å². The van der Waals surface area contributed by atoms with Gasteiger partial charge in [0.1, 0.15) is 0 Å². The third kappa shape index (κ3) is 6.77. The number of aryl methyl sites for hydroxylation is 2. The second-order valence-corrected chi connectivity index (χ2v) is 9.91. The molecular formula is C25H28N8S2. The summed E-state index contributed by atoms with van der Waals surface area (Å²) in [5.74, 6) is 0. The molecule has 2 heterocycles. The van der Waals surface area contributed by atoms with Gasteiger partial charge in [0.25, 0.3) is 0 Å². The smallest absolute Gasteiger partial charge is 0.229 e. The molecule has 2 aromatic heterocycles. The molecule has 0 aliphatic carbocycles. The molecule has 35 heavy (non-hydrogen) atoms. The van der Waals surface area contributed by atoms with E-state index in [1.54, 1.807) is 12.4 Å². The molecule has 0 fully saturated rings. The van der Waals surface area contributed by atoms with Crippen LogP contribution in [0.25, 0.3) is 0 Å². The summed E-state index contributed by atoms with van der Waals surface area (Å²) < 4.78 is 0.